The van der Waals surface area contributed by atoms with E-state index in [1.54, 1.807) is 0 Å². The molecule has 1 unspecified atom stereocenters. The summed E-state index contributed by atoms with van der Waals surface area (Å²) in [5, 5.41) is 3.50. The highest BCUT2D eigenvalue weighted by Crippen LogP contribution is 2.11. The molecule has 0 fully saturated rings. The van der Waals surface area contributed by atoms with E-state index in [-0.39, 0.29) is 0 Å². The van der Waals surface area contributed by atoms with Crippen molar-refractivity contribution >= 4 is 0 Å². The molecule has 0 aliphatic rings. The largest absolute Gasteiger partial charge is 0.465 e. The second-order valence-electron chi connectivity index (χ2n) is 5.05. The second-order valence-corrected chi connectivity index (χ2v) is 5.05. The van der Waals surface area contributed by atoms with Crippen LogP contribution in [0.4, 0.5) is 0 Å². The number of hydrogen-bond donors (Lipinski definition) is 1. The van der Waals surface area contributed by atoms with Gasteiger partial charge in [-0.1, -0.05) is 20.8 Å². The predicted molar refractivity (Wildman–Crippen MR) is 72.1 cm³/mol. The number of hydrogen-bond acceptors (Lipinski definition) is 3. The van der Waals surface area contributed by atoms with Gasteiger partial charge in [-0.15, -0.1) is 0 Å². The Morgan fingerprint density at radius 1 is 1.35 bits per heavy atom. The molecule has 98 valence electrons. The molecular formula is C14H26N2O. The van der Waals surface area contributed by atoms with Gasteiger partial charge >= 0.3 is 0 Å². The van der Waals surface area contributed by atoms with Crippen molar-refractivity contribution in [2.75, 3.05) is 13.6 Å². The maximum Gasteiger partial charge on any atom is 0.118 e. The third kappa shape index (κ3) is 4.92. The molecule has 0 bridgehead atoms. The number of nitrogens with zero attached hydrogens (tertiary/aromatic N) is 1. The molecule has 0 amide bonds. The fraction of sp³-hybridized carbons (Fsp3) is 0.714. The zero-order valence-corrected chi connectivity index (χ0v) is 11.8. The lowest BCUT2D eigenvalue weighted by Gasteiger charge is -2.27. The van der Waals surface area contributed by atoms with Gasteiger partial charge in [-0.05, 0) is 32.5 Å². The Morgan fingerprint density at radius 3 is 2.53 bits per heavy atom. The molecule has 0 aliphatic heterocycles. The second kappa shape index (κ2) is 6.82. The Hall–Kier alpha value is -0.800. The van der Waals surface area contributed by atoms with E-state index in [9.17, 15) is 0 Å². The van der Waals surface area contributed by atoms with Gasteiger partial charge in [0.25, 0.3) is 0 Å². The average molecular weight is 238 g/mol. The summed E-state index contributed by atoms with van der Waals surface area (Å²) in [4.78, 5) is 2.35. The van der Waals surface area contributed by atoms with Crippen LogP contribution in [0.1, 0.15) is 38.7 Å². The number of nitrogens with one attached hydrogen (secondary N) is 1. The maximum atomic E-state index is 5.61. The van der Waals surface area contributed by atoms with Crippen LogP contribution in [0.3, 0.4) is 0 Å². The zero-order valence-electron chi connectivity index (χ0n) is 11.8. The number of furan rings is 1. The van der Waals surface area contributed by atoms with Crippen LogP contribution < -0.4 is 5.32 Å². The van der Waals surface area contributed by atoms with Crippen molar-refractivity contribution in [2.45, 2.75) is 52.7 Å². The van der Waals surface area contributed by atoms with E-state index in [1.807, 2.05) is 13.0 Å². The van der Waals surface area contributed by atoms with Crippen LogP contribution in [-0.2, 0) is 6.54 Å². The molecule has 0 spiro atoms. The summed E-state index contributed by atoms with van der Waals surface area (Å²) in [5.74, 6) is 2.04. The van der Waals surface area contributed by atoms with Crippen molar-refractivity contribution in [1.82, 2.24) is 10.2 Å². The van der Waals surface area contributed by atoms with Crippen LogP contribution in [0, 0.1) is 6.92 Å². The smallest absolute Gasteiger partial charge is 0.118 e. The SMILES string of the molecule is CCC(CNC(C)C)N(C)Cc1ccc(C)o1. The van der Waals surface area contributed by atoms with E-state index >= 15 is 0 Å². The first-order chi connectivity index (χ1) is 8.02. The van der Waals surface area contributed by atoms with E-state index in [1.165, 1.54) is 0 Å². The molecule has 1 heterocycles. The molecule has 1 N–H and O–H groups in total. The molecule has 1 aromatic rings. The summed E-state index contributed by atoms with van der Waals surface area (Å²) < 4.78 is 5.61. The predicted octanol–water partition coefficient (Wildman–Crippen LogP) is 2.80. The molecule has 0 radical (unpaired) electrons. The first-order valence-corrected chi connectivity index (χ1v) is 6.51. The maximum absolute atomic E-state index is 5.61. The monoisotopic (exact) mass is 238 g/mol. The van der Waals surface area contributed by atoms with Gasteiger partial charge in [0.1, 0.15) is 11.5 Å². The van der Waals surface area contributed by atoms with Gasteiger partial charge in [-0.3, -0.25) is 4.90 Å². The minimum atomic E-state index is 0.545. The number of aryl methyl sites for hydroxylation is 1. The first-order valence-electron chi connectivity index (χ1n) is 6.51. The molecule has 0 aliphatic carbocycles. The van der Waals surface area contributed by atoms with Crippen molar-refractivity contribution < 1.29 is 4.42 Å². The Morgan fingerprint density at radius 2 is 2.06 bits per heavy atom. The van der Waals surface area contributed by atoms with Crippen molar-refractivity contribution in [3.05, 3.63) is 23.7 Å². The third-order valence-electron chi connectivity index (χ3n) is 3.06. The Labute approximate surface area is 105 Å². The van der Waals surface area contributed by atoms with Gasteiger partial charge < -0.3 is 9.73 Å². The van der Waals surface area contributed by atoms with E-state index in [2.05, 4.69) is 44.1 Å². The molecular weight excluding hydrogens is 212 g/mol. The Kier molecular flexibility index (Phi) is 5.72. The molecule has 0 saturated carbocycles. The lowest BCUT2D eigenvalue weighted by Crippen LogP contribution is -2.41. The summed E-state index contributed by atoms with van der Waals surface area (Å²) in [7, 11) is 2.16. The van der Waals surface area contributed by atoms with Crippen LogP contribution in [0.25, 0.3) is 0 Å². The lowest BCUT2D eigenvalue weighted by atomic mass is 10.2. The van der Waals surface area contributed by atoms with Gasteiger partial charge in [0.15, 0.2) is 0 Å². The van der Waals surface area contributed by atoms with Crippen molar-refractivity contribution in [2.24, 2.45) is 0 Å². The van der Waals surface area contributed by atoms with Crippen LogP contribution in [-0.4, -0.2) is 30.6 Å². The third-order valence-corrected chi connectivity index (χ3v) is 3.06. The highest BCUT2D eigenvalue weighted by Gasteiger charge is 2.14. The minimum Gasteiger partial charge on any atom is -0.465 e. The topological polar surface area (TPSA) is 28.4 Å². The van der Waals surface area contributed by atoms with E-state index < -0.39 is 0 Å². The molecule has 17 heavy (non-hydrogen) atoms. The summed E-state index contributed by atoms with van der Waals surface area (Å²) in [5.41, 5.74) is 0. The van der Waals surface area contributed by atoms with Gasteiger partial charge in [0, 0.05) is 18.6 Å². The quantitative estimate of drug-likeness (QED) is 0.792. The minimum absolute atomic E-state index is 0.545. The summed E-state index contributed by atoms with van der Waals surface area (Å²) in [6.45, 7) is 10.5. The summed E-state index contributed by atoms with van der Waals surface area (Å²) in [6.07, 6.45) is 1.15. The lowest BCUT2D eigenvalue weighted by molar-refractivity contribution is 0.202. The average Bonchev–Trinajstić information content (AvgIpc) is 2.64. The van der Waals surface area contributed by atoms with E-state index in [0.717, 1.165) is 31.0 Å². The molecule has 0 saturated heterocycles. The molecule has 1 rings (SSSR count). The number of likely N-dealkylation sites (N-methyl/N-ethyl adjacent to an activating group) is 1. The van der Waals surface area contributed by atoms with Gasteiger partial charge in [0.05, 0.1) is 6.54 Å². The Balaban J connectivity index is 2.45. The molecule has 1 aromatic heterocycles. The highest BCUT2D eigenvalue weighted by atomic mass is 16.3. The fourth-order valence-electron chi connectivity index (χ4n) is 1.93. The number of rotatable bonds is 7. The van der Waals surface area contributed by atoms with E-state index in [4.69, 9.17) is 4.42 Å². The molecule has 3 heteroatoms. The van der Waals surface area contributed by atoms with Crippen molar-refractivity contribution in [1.29, 1.82) is 0 Å². The van der Waals surface area contributed by atoms with E-state index in [0.29, 0.717) is 12.1 Å². The highest BCUT2D eigenvalue weighted by molar-refractivity contribution is 5.05. The van der Waals surface area contributed by atoms with Crippen molar-refractivity contribution in [3.8, 4) is 0 Å². The normalized spacial score (nSPS) is 13.6. The van der Waals surface area contributed by atoms with Crippen LogP contribution in [0.2, 0.25) is 0 Å². The zero-order chi connectivity index (χ0) is 12.8. The first kappa shape index (κ1) is 14.3. The van der Waals surface area contributed by atoms with Crippen LogP contribution in [0.15, 0.2) is 16.5 Å². The molecule has 3 nitrogen and oxygen atoms in total. The molecule has 0 aromatic carbocycles. The standard InChI is InChI=1S/C14H26N2O/c1-6-13(9-15-11(2)3)16(5)10-14-8-7-12(4)17-14/h7-8,11,13,15H,6,9-10H2,1-5H3. The van der Waals surface area contributed by atoms with Gasteiger partial charge in [-0.25, -0.2) is 0 Å². The Bertz CT molecular complexity index is 320. The fourth-order valence-corrected chi connectivity index (χ4v) is 1.93. The summed E-state index contributed by atoms with van der Waals surface area (Å²) in [6, 6.07) is 5.19. The van der Waals surface area contributed by atoms with Gasteiger partial charge in [-0.2, -0.15) is 0 Å². The molecule has 1 atom stereocenters. The van der Waals surface area contributed by atoms with Crippen molar-refractivity contribution in [3.63, 3.8) is 0 Å². The van der Waals surface area contributed by atoms with Gasteiger partial charge in [0.2, 0.25) is 0 Å². The summed E-state index contributed by atoms with van der Waals surface area (Å²) >= 11 is 0. The van der Waals surface area contributed by atoms with Crippen LogP contribution >= 0.6 is 0 Å². The van der Waals surface area contributed by atoms with Crippen LogP contribution in [0.5, 0.6) is 0 Å².